The van der Waals surface area contributed by atoms with Crippen molar-refractivity contribution in [3.8, 4) is 0 Å². The van der Waals surface area contributed by atoms with Crippen LogP contribution in [0.5, 0.6) is 0 Å². The van der Waals surface area contributed by atoms with Gasteiger partial charge < -0.3 is 14.2 Å². The number of carbonyl (C=O) groups excluding carboxylic acids is 2. The topological polar surface area (TPSA) is 61.8 Å². The summed E-state index contributed by atoms with van der Waals surface area (Å²) in [6.07, 6.45) is 65.5. The van der Waals surface area contributed by atoms with E-state index >= 15 is 0 Å². The Labute approximate surface area is 386 Å². The summed E-state index contributed by atoms with van der Waals surface area (Å²) in [7, 11) is 0. The Bertz CT molecular complexity index is 1030. The molecule has 0 aromatic rings. The van der Waals surface area contributed by atoms with Crippen molar-refractivity contribution in [3.63, 3.8) is 0 Å². The van der Waals surface area contributed by atoms with Crippen molar-refractivity contribution in [2.45, 2.75) is 284 Å². The number of allylic oxidation sites excluding steroid dienone is 8. The van der Waals surface area contributed by atoms with E-state index in [4.69, 9.17) is 14.2 Å². The SMILES string of the molecule is CC/C=C\C/C=C\C/C=C\CCCCCCCCCC(=O)OCC(COCCCCCCCC/C=C\CCCCCCCC)OC(=O)CCCCCCCCCCCCCCC. The highest BCUT2D eigenvalue weighted by Gasteiger charge is 2.17. The van der Waals surface area contributed by atoms with Crippen molar-refractivity contribution in [2.24, 2.45) is 0 Å². The monoisotopic (exact) mass is 869 g/mol. The molecule has 0 rings (SSSR count). The first kappa shape index (κ1) is 59.9. The second-order valence-corrected chi connectivity index (χ2v) is 18.1. The number of ether oxygens (including phenoxy) is 3. The first-order chi connectivity index (χ1) is 30.6. The van der Waals surface area contributed by atoms with Gasteiger partial charge in [0.15, 0.2) is 6.10 Å². The molecule has 62 heavy (non-hydrogen) atoms. The Morgan fingerprint density at radius 2 is 0.726 bits per heavy atom. The van der Waals surface area contributed by atoms with Gasteiger partial charge in [-0.05, 0) is 77.0 Å². The second-order valence-electron chi connectivity index (χ2n) is 18.1. The van der Waals surface area contributed by atoms with Gasteiger partial charge in [0, 0.05) is 19.4 Å². The summed E-state index contributed by atoms with van der Waals surface area (Å²) in [4.78, 5) is 25.4. The minimum Gasteiger partial charge on any atom is -0.462 e. The van der Waals surface area contributed by atoms with Crippen LogP contribution >= 0.6 is 0 Å². The van der Waals surface area contributed by atoms with Crippen LogP contribution in [0.15, 0.2) is 48.6 Å². The number of esters is 2. The summed E-state index contributed by atoms with van der Waals surface area (Å²) in [5.41, 5.74) is 0. The predicted molar refractivity (Wildman–Crippen MR) is 270 cm³/mol. The first-order valence-electron chi connectivity index (χ1n) is 27.2. The molecule has 0 saturated carbocycles. The number of unbranched alkanes of at least 4 members (excludes halogenated alkanes) is 31. The molecule has 0 fully saturated rings. The summed E-state index contributed by atoms with van der Waals surface area (Å²) in [6, 6.07) is 0. The zero-order valence-corrected chi connectivity index (χ0v) is 41.6. The van der Waals surface area contributed by atoms with Crippen LogP contribution in [0, 0.1) is 0 Å². The number of carbonyl (C=O) groups is 2. The van der Waals surface area contributed by atoms with Crippen molar-refractivity contribution in [3.05, 3.63) is 48.6 Å². The molecule has 1 unspecified atom stereocenters. The molecular formula is C57H104O5. The third kappa shape index (κ3) is 50.5. The van der Waals surface area contributed by atoms with E-state index in [0.29, 0.717) is 19.4 Å². The van der Waals surface area contributed by atoms with Crippen LogP contribution in [0.3, 0.4) is 0 Å². The lowest BCUT2D eigenvalue weighted by molar-refractivity contribution is -0.163. The number of rotatable bonds is 50. The van der Waals surface area contributed by atoms with Gasteiger partial charge in [-0.15, -0.1) is 0 Å². The van der Waals surface area contributed by atoms with E-state index < -0.39 is 6.10 Å². The van der Waals surface area contributed by atoms with Gasteiger partial charge in [-0.1, -0.05) is 236 Å². The van der Waals surface area contributed by atoms with Crippen molar-refractivity contribution >= 4 is 11.9 Å². The highest BCUT2D eigenvalue weighted by Crippen LogP contribution is 2.15. The molecule has 0 aliphatic heterocycles. The Morgan fingerprint density at radius 3 is 1.18 bits per heavy atom. The van der Waals surface area contributed by atoms with E-state index in [9.17, 15) is 9.59 Å². The molecule has 1 atom stereocenters. The molecule has 5 nitrogen and oxygen atoms in total. The molecule has 0 amide bonds. The van der Waals surface area contributed by atoms with E-state index in [2.05, 4.69) is 69.4 Å². The van der Waals surface area contributed by atoms with E-state index in [-0.39, 0.29) is 25.2 Å². The van der Waals surface area contributed by atoms with E-state index in [1.807, 2.05) is 0 Å². The highest BCUT2D eigenvalue weighted by molar-refractivity contribution is 5.70. The van der Waals surface area contributed by atoms with Crippen molar-refractivity contribution in [1.82, 2.24) is 0 Å². The fourth-order valence-electron chi connectivity index (χ4n) is 7.81. The summed E-state index contributed by atoms with van der Waals surface area (Å²) in [5, 5.41) is 0. The maximum Gasteiger partial charge on any atom is 0.306 e. The molecule has 0 spiro atoms. The average Bonchev–Trinajstić information content (AvgIpc) is 3.27. The lowest BCUT2D eigenvalue weighted by Gasteiger charge is -2.18. The fraction of sp³-hybridized carbons (Fsp3) is 0.825. The van der Waals surface area contributed by atoms with E-state index in [1.54, 1.807) is 0 Å². The Morgan fingerprint density at radius 1 is 0.371 bits per heavy atom. The van der Waals surface area contributed by atoms with Gasteiger partial charge in [0.1, 0.15) is 6.61 Å². The predicted octanol–water partition coefficient (Wildman–Crippen LogP) is 18.3. The lowest BCUT2D eigenvalue weighted by atomic mass is 10.0. The van der Waals surface area contributed by atoms with Crippen LogP contribution in [0.2, 0.25) is 0 Å². The normalized spacial score (nSPS) is 12.5. The summed E-state index contributed by atoms with van der Waals surface area (Å²) in [6.45, 7) is 7.73. The summed E-state index contributed by atoms with van der Waals surface area (Å²) >= 11 is 0. The second kappa shape index (κ2) is 53.2. The standard InChI is InChI=1S/C57H104O5/c1-4-7-10-13-16-19-22-25-27-29-30-33-35-38-41-44-47-50-56(58)61-54-55(62-57(59)51-48-45-42-39-36-32-24-21-18-15-12-9-6-3)53-60-52-49-46-43-40-37-34-31-28-26-23-20-17-14-11-8-5-2/h7,10,16,19,25-28,55H,4-6,8-9,11-15,17-18,20-24,29-54H2,1-3H3/b10-7-,19-16-,27-25-,28-26-. The van der Waals surface area contributed by atoms with E-state index in [1.165, 1.54) is 173 Å². The molecule has 5 heteroatoms. The first-order valence-corrected chi connectivity index (χ1v) is 27.2. The van der Waals surface area contributed by atoms with Crippen LogP contribution in [0.25, 0.3) is 0 Å². The average molecular weight is 869 g/mol. The molecule has 0 aliphatic carbocycles. The van der Waals surface area contributed by atoms with Gasteiger partial charge in [0.2, 0.25) is 0 Å². The van der Waals surface area contributed by atoms with Gasteiger partial charge >= 0.3 is 11.9 Å². The molecule has 0 saturated heterocycles. The molecule has 0 aromatic heterocycles. The highest BCUT2D eigenvalue weighted by atomic mass is 16.6. The number of hydrogen-bond donors (Lipinski definition) is 0. The molecule has 0 heterocycles. The quantitative estimate of drug-likeness (QED) is 0.0346. The fourth-order valence-corrected chi connectivity index (χ4v) is 7.81. The van der Waals surface area contributed by atoms with E-state index in [0.717, 1.165) is 70.6 Å². The zero-order chi connectivity index (χ0) is 44.9. The Balaban J connectivity index is 4.26. The van der Waals surface area contributed by atoms with Gasteiger partial charge in [-0.2, -0.15) is 0 Å². The molecule has 0 bridgehead atoms. The third-order valence-electron chi connectivity index (χ3n) is 11.8. The van der Waals surface area contributed by atoms with Crippen molar-refractivity contribution < 1.29 is 23.8 Å². The molecule has 0 aromatic carbocycles. The zero-order valence-electron chi connectivity index (χ0n) is 41.6. The molecule has 362 valence electrons. The molecule has 0 N–H and O–H groups in total. The van der Waals surface area contributed by atoms with Crippen LogP contribution in [-0.2, 0) is 23.8 Å². The largest absolute Gasteiger partial charge is 0.462 e. The Kier molecular flexibility index (Phi) is 51.4. The summed E-state index contributed by atoms with van der Waals surface area (Å²) < 4.78 is 17.4. The smallest absolute Gasteiger partial charge is 0.306 e. The van der Waals surface area contributed by atoms with Gasteiger partial charge in [0.25, 0.3) is 0 Å². The van der Waals surface area contributed by atoms with Crippen LogP contribution in [0.4, 0.5) is 0 Å². The van der Waals surface area contributed by atoms with Gasteiger partial charge in [-0.25, -0.2) is 0 Å². The molecular weight excluding hydrogens is 765 g/mol. The van der Waals surface area contributed by atoms with Crippen molar-refractivity contribution in [1.29, 1.82) is 0 Å². The van der Waals surface area contributed by atoms with Crippen LogP contribution in [0.1, 0.15) is 278 Å². The van der Waals surface area contributed by atoms with Gasteiger partial charge in [0.05, 0.1) is 6.61 Å². The van der Waals surface area contributed by atoms with Crippen LogP contribution in [-0.4, -0.2) is 37.9 Å². The molecule has 0 aliphatic rings. The van der Waals surface area contributed by atoms with Gasteiger partial charge in [-0.3, -0.25) is 9.59 Å². The minimum atomic E-state index is -0.540. The minimum absolute atomic E-state index is 0.0810. The molecule has 0 radical (unpaired) electrons. The maximum absolute atomic E-state index is 12.8. The van der Waals surface area contributed by atoms with Crippen LogP contribution < -0.4 is 0 Å². The van der Waals surface area contributed by atoms with Crippen molar-refractivity contribution in [2.75, 3.05) is 19.8 Å². The number of hydrogen-bond acceptors (Lipinski definition) is 5. The lowest BCUT2D eigenvalue weighted by Crippen LogP contribution is -2.30. The third-order valence-corrected chi connectivity index (χ3v) is 11.8. The maximum atomic E-state index is 12.8. The Hall–Kier alpha value is -2.14. The summed E-state index contributed by atoms with van der Waals surface area (Å²) in [5.74, 6) is -0.399.